The predicted molar refractivity (Wildman–Crippen MR) is 124 cm³/mol. The molecule has 0 aromatic heterocycles. The molecule has 0 unspecified atom stereocenters. The van der Waals surface area contributed by atoms with Crippen LogP contribution in [0.4, 0.5) is 10.1 Å². The lowest BCUT2D eigenvalue weighted by atomic mass is 9.90. The Kier molecular flexibility index (Phi) is 6.46. The number of aliphatic imine (C=N–C) groups is 2. The van der Waals surface area contributed by atoms with Gasteiger partial charge in [-0.1, -0.05) is 47.5 Å². The summed E-state index contributed by atoms with van der Waals surface area (Å²) < 4.78 is 13.0. The van der Waals surface area contributed by atoms with Crippen molar-refractivity contribution >= 4 is 57.3 Å². The van der Waals surface area contributed by atoms with Crippen LogP contribution in [0.3, 0.4) is 0 Å². The Bertz CT molecular complexity index is 1020. The molecule has 4 rings (SSSR count). The van der Waals surface area contributed by atoms with Crippen LogP contribution in [0.2, 0.25) is 10.0 Å². The molecule has 0 bridgehead atoms. The summed E-state index contributed by atoms with van der Waals surface area (Å²) in [5, 5.41) is 4.46. The van der Waals surface area contributed by atoms with E-state index in [1.54, 1.807) is 12.1 Å². The third-order valence-electron chi connectivity index (χ3n) is 5.15. The SMILES string of the molecule is O=C(CSC1=NC2(CCCCC2)N=C1c1ccc(Cl)c(Cl)c1)Nc1ccc(F)cc1. The van der Waals surface area contributed by atoms with Crippen LogP contribution in [0.25, 0.3) is 0 Å². The maximum Gasteiger partial charge on any atom is 0.234 e. The smallest absolute Gasteiger partial charge is 0.234 e. The number of hydrogen-bond acceptors (Lipinski definition) is 4. The van der Waals surface area contributed by atoms with Crippen molar-refractivity contribution in [1.82, 2.24) is 0 Å². The molecule has 2 aromatic carbocycles. The van der Waals surface area contributed by atoms with Crippen LogP contribution in [-0.2, 0) is 4.79 Å². The molecule has 8 heteroatoms. The van der Waals surface area contributed by atoms with Gasteiger partial charge in [-0.15, -0.1) is 0 Å². The van der Waals surface area contributed by atoms with Crippen molar-refractivity contribution in [1.29, 1.82) is 0 Å². The fourth-order valence-electron chi connectivity index (χ4n) is 3.66. The minimum Gasteiger partial charge on any atom is -0.325 e. The van der Waals surface area contributed by atoms with Gasteiger partial charge in [-0.25, -0.2) is 9.38 Å². The molecule has 4 nitrogen and oxygen atoms in total. The summed E-state index contributed by atoms with van der Waals surface area (Å²) >= 11 is 13.6. The molecule has 1 spiro atoms. The number of amides is 1. The molecule has 1 N–H and O–H groups in total. The summed E-state index contributed by atoms with van der Waals surface area (Å²) in [6, 6.07) is 11.1. The van der Waals surface area contributed by atoms with Crippen LogP contribution >= 0.6 is 35.0 Å². The number of halogens is 3. The first kappa shape index (κ1) is 21.3. The maximum atomic E-state index is 13.0. The van der Waals surface area contributed by atoms with Crippen LogP contribution in [0.15, 0.2) is 52.4 Å². The van der Waals surface area contributed by atoms with Crippen LogP contribution in [0.1, 0.15) is 37.7 Å². The lowest BCUT2D eigenvalue weighted by Crippen LogP contribution is -2.25. The zero-order valence-corrected chi connectivity index (χ0v) is 18.5. The van der Waals surface area contributed by atoms with Gasteiger partial charge in [0.2, 0.25) is 5.91 Å². The van der Waals surface area contributed by atoms with Gasteiger partial charge in [-0.3, -0.25) is 9.79 Å². The minimum absolute atomic E-state index is 0.173. The number of rotatable bonds is 4. The third-order valence-corrected chi connectivity index (χ3v) is 6.85. The van der Waals surface area contributed by atoms with Gasteiger partial charge in [-0.2, -0.15) is 0 Å². The Hall–Kier alpha value is -1.89. The van der Waals surface area contributed by atoms with Gasteiger partial charge in [0.15, 0.2) is 5.66 Å². The monoisotopic (exact) mass is 463 g/mol. The summed E-state index contributed by atoms with van der Waals surface area (Å²) in [4.78, 5) is 22.3. The highest BCUT2D eigenvalue weighted by molar-refractivity contribution is 8.16. The molecule has 1 heterocycles. The second kappa shape index (κ2) is 9.08. The van der Waals surface area contributed by atoms with E-state index >= 15 is 0 Å². The summed E-state index contributed by atoms with van der Waals surface area (Å²) in [7, 11) is 0. The van der Waals surface area contributed by atoms with E-state index < -0.39 is 5.66 Å². The number of anilines is 1. The summed E-state index contributed by atoms with van der Waals surface area (Å²) in [6.07, 6.45) is 5.18. The minimum atomic E-state index is -0.435. The fraction of sp³-hybridized carbons (Fsp3) is 0.318. The first-order valence-corrected chi connectivity index (χ1v) is 11.5. The van der Waals surface area contributed by atoms with E-state index in [4.69, 9.17) is 33.2 Å². The van der Waals surface area contributed by atoms with E-state index in [0.29, 0.717) is 15.7 Å². The number of benzene rings is 2. The van der Waals surface area contributed by atoms with Crippen LogP contribution in [-0.4, -0.2) is 28.1 Å². The molecule has 2 aliphatic rings. The van der Waals surface area contributed by atoms with Crippen molar-refractivity contribution in [3.8, 4) is 0 Å². The Labute approximate surface area is 189 Å². The average molecular weight is 464 g/mol. The van der Waals surface area contributed by atoms with E-state index in [-0.39, 0.29) is 17.5 Å². The molecule has 1 fully saturated rings. The zero-order chi connectivity index (χ0) is 21.1. The van der Waals surface area contributed by atoms with Crippen molar-refractivity contribution in [2.75, 3.05) is 11.1 Å². The van der Waals surface area contributed by atoms with E-state index in [0.717, 1.165) is 42.0 Å². The Morgan fingerprint density at radius 1 is 1.03 bits per heavy atom. The molecular weight excluding hydrogens is 444 g/mol. The summed E-state index contributed by atoms with van der Waals surface area (Å²) in [5.41, 5.74) is 1.72. The van der Waals surface area contributed by atoms with E-state index in [1.165, 1.54) is 42.4 Å². The normalized spacial score (nSPS) is 17.6. The molecule has 1 amide bonds. The molecule has 1 aliphatic carbocycles. The Morgan fingerprint density at radius 3 is 2.47 bits per heavy atom. The van der Waals surface area contributed by atoms with Gasteiger partial charge >= 0.3 is 0 Å². The molecule has 1 aliphatic heterocycles. The molecule has 2 aromatic rings. The van der Waals surface area contributed by atoms with Gasteiger partial charge in [0, 0.05) is 11.3 Å². The standard InChI is InChI=1S/C22H20Cl2FN3OS/c23-17-9-4-14(12-18(17)24)20-21(28-22(27-20)10-2-1-3-11-22)30-13-19(29)26-16-7-5-15(25)6-8-16/h4-9,12H,1-3,10-11,13H2,(H,26,29). The zero-order valence-electron chi connectivity index (χ0n) is 16.1. The average Bonchev–Trinajstić information content (AvgIpc) is 3.08. The molecule has 0 atom stereocenters. The first-order chi connectivity index (χ1) is 14.4. The highest BCUT2D eigenvalue weighted by Gasteiger charge is 2.38. The van der Waals surface area contributed by atoms with Gasteiger partial charge < -0.3 is 5.32 Å². The lowest BCUT2D eigenvalue weighted by Gasteiger charge is -2.27. The van der Waals surface area contributed by atoms with Gasteiger partial charge in [0.05, 0.1) is 21.5 Å². The topological polar surface area (TPSA) is 53.8 Å². The third kappa shape index (κ3) is 4.88. The molecule has 0 radical (unpaired) electrons. The fourth-order valence-corrected chi connectivity index (χ4v) is 4.83. The highest BCUT2D eigenvalue weighted by Crippen LogP contribution is 2.39. The Balaban J connectivity index is 1.52. The van der Waals surface area contributed by atoms with Gasteiger partial charge in [0.1, 0.15) is 10.9 Å². The summed E-state index contributed by atoms with van der Waals surface area (Å²) in [6.45, 7) is 0. The maximum absolute atomic E-state index is 13.0. The van der Waals surface area contributed by atoms with E-state index in [2.05, 4.69) is 5.32 Å². The number of thioether (sulfide) groups is 1. The van der Waals surface area contributed by atoms with Gasteiger partial charge in [-0.05, 0) is 62.1 Å². The molecule has 30 heavy (non-hydrogen) atoms. The molecular formula is C22H20Cl2FN3OS. The number of carbonyl (C=O) groups excluding carboxylic acids is 1. The highest BCUT2D eigenvalue weighted by atomic mass is 35.5. The van der Waals surface area contributed by atoms with Crippen molar-refractivity contribution in [2.45, 2.75) is 37.8 Å². The lowest BCUT2D eigenvalue weighted by molar-refractivity contribution is -0.113. The number of hydrogen-bond donors (Lipinski definition) is 1. The van der Waals surface area contributed by atoms with E-state index in [9.17, 15) is 9.18 Å². The van der Waals surface area contributed by atoms with E-state index in [1.807, 2.05) is 6.07 Å². The first-order valence-electron chi connectivity index (χ1n) is 9.78. The van der Waals surface area contributed by atoms with Crippen molar-refractivity contribution in [3.05, 3.63) is 63.9 Å². The van der Waals surface area contributed by atoms with Crippen molar-refractivity contribution < 1.29 is 9.18 Å². The van der Waals surface area contributed by atoms with Crippen LogP contribution in [0, 0.1) is 5.82 Å². The van der Waals surface area contributed by atoms with Crippen molar-refractivity contribution in [3.63, 3.8) is 0 Å². The number of nitrogens with zero attached hydrogens (tertiary/aromatic N) is 2. The number of nitrogens with one attached hydrogen (secondary N) is 1. The largest absolute Gasteiger partial charge is 0.325 e. The molecule has 156 valence electrons. The number of carbonyl (C=O) groups is 1. The van der Waals surface area contributed by atoms with Gasteiger partial charge in [0.25, 0.3) is 0 Å². The van der Waals surface area contributed by atoms with Crippen LogP contribution in [0.5, 0.6) is 0 Å². The predicted octanol–water partition coefficient (Wildman–Crippen LogP) is 6.37. The Morgan fingerprint density at radius 2 is 1.77 bits per heavy atom. The second-order valence-corrected chi connectivity index (χ2v) is 9.17. The van der Waals surface area contributed by atoms with Crippen molar-refractivity contribution in [2.24, 2.45) is 9.98 Å². The summed E-state index contributed by atoms with van der Waals surface area (Å²) in [5.74, 6) is -0.359. The second-order valence-electron chi connectivity index (χ2n) is 7.39. The molecule has 0 saturated heterocycles. The van der Waals surface area contributed by atoms with Crippen LogP contribution < -0.4 is 5.32 Å². The molecule has 1 saturated carbocycles. The quantitative estimate of drug-likeness (QED) is 0.572.